The number of carbonyl (C=O) groups is 1. The highest BCUT2D eigenvalue weighted by molar-refractivity contribution is 5.71. The van der Waals surface area contributed by atoms with Crippen molar-refractivity contribution in [3.8, 4) is 5.75 Å². The van der Waals surface area contributed by atoms with Crippen LogP contribution in [-0.2, 0) is 17.9 Å². The molecule has 0 amide bonds. The second kappa shape index (κ2) is 12.4. The van der Waals surface area contributed by atoms with Crippen molar-refractivity contribution in [1.29, 1.82) is 0 Å². The number of rotatable bonds is 7. The number of nitrogens with two attached hydrogens (primary N) is 2. The van der Waals surface area contributed by atoms with Crippen LogP contribution >= 0.6 is 0 Å². The van der Waals surface area contributed by atoms with E-state index in [1.54, 1.807) is 7.05 Å². The van der Waals surface area contributed by atoms with Gasteiger partial charge in [-0.15, -0.1) is 0 Å². The van der Waals surface area contributed by atoms with Crippen LogP contribution in [0, 0.1) is 6.92 Å². The largest absolute Gasteiger partial charge is 0.492 e. The van der Waals surface area contributed by atoms with E-state index < -0.39 is 5.97 Å². The van der Waals surface area contributed by atoms with Crippen LogP contribution in [0.25, 0.3) is 0 Å². The summed E-state index contributed by atoms with van der Waals surface area (Å²) < 4.78 is 5.92. The second-order valence-corrected chi connectivity index (χ2v) is 8.93. The topological polar surface area (TPSA) is 105 Å². The number of carboxylic acids is 1. The number of hydrazine groups is 1. The van der Waals surface area contributed by atoms with Gasteiger partial charge in [0.15, 0.2) is 0 Å². The fourth-order valence-corrected chi connectivity index (χ4v) is 4.55. The molecule has 1 heterocycles. The molecule has 1 aliphatic heterocycles. The molecule has 7 nitrogen and oxygen atoms in total. The fraction of sp³-hybridized carbons (Fsp3) is 0.345. The lowest BCUT2D eigenvalue weighted by Crippen LogP contribution is -2.26. The summed E-state index contributed by atoms with van der Waals surface area (Å²) in [6.45, 7) is 9.12. The summed E-state index contributed by atoms with van der Waals surface area (Å²) in [5.41, 5.74) is 12.8. The standard InChI is InChI=1S/C27H32N4O3.C2H6/c1-18-7-8-19(23(15-27(32)33)20-9-10-25(30(2)29)24(28)14-20)13-22(18)17-31-11-12-34-26-6-4-3-5-21(26)16-31;1-2/h3-10,13-14,23H,11-12,15-17,28-29H2,1-2H3,(H,32,33);1-2H3. The van der Waals surface area contributed by atoms with E-state index in [1.165, 1.54) is 21.7 Å². The Balaban J connectivity index is 0.00000176. The molecule has 1 unspecified atom stereocenters. The highest BCUT2D eigenvalue weighted by Gasteiger charge is 2.21. The molecule has 4 rings (SSSR count). The zero-order valence-electron chi connectivity index (χ0n) is 21.7. The van der Waals surface area contributed by atoms with Crippen molar-refractivity contribution in [2.75, 3.05) is 30.9 Å². The quantitative estimate of drug-likeness (QED) is 0.245. The third-order valence-electron chi connectivity index (χ3n) is 6.41. The Labute approximate surface area is 214 Å². The first-order chi connectivity index (χ1) is 17.3. The van der Waals surface area contributed by atoms with Crippen molar-refractivity contribution < 1.29 is 14.6 Å². The normalized spacial score (nSPS) is 13.9. The molecule has 0 fully saturated rings. The number of para-hydroxylation sites is 1. The van der Waals surface area contributed by atoms with E-state index in [2.05, 4.69) is 30.0 Å². The molecule has 0 aliphatic carbocycles. The Morgan fingerprint density at radius 3 is 2.50 bits per heavy atom. The van der Waals surface area contributed by atoms with E-state index in [1.807, 2.05) is 56.3 Å². The molecule has 3 aromatic rings. The molecular formula is C29H38N4O3. The number of carboxylic acid groups (broad SMARTS) is 1. The molecule has 7 heteroatoms. The summed E-state index contributed by atoms with van der Waals surface area (Å²) in [4.78, 5) is 14.1. The number of hydrogen-bond acceptors (Lipinski definition) is 6. The maximum atomic E-state index is 11.8. The summed E-state index contributed by atoms with van der Waals surface area (Å²) in [7, 11) is 1.72. The molecule has 3 aromatic carbocycles. The van der Waals surface area contributed by atoms with Gasteiger partial charge in [-0.3, -0.25) is 9.69 Å². The van der Waals surface area contributed by atoms with Crippen molar-refractivity contribution in [3.05, 3.63) is 88.5 Å². The van der Waals surface area contributed by atoms with Gasteiger partial charge < -0.3 is 20.6 Å². The maximum Gasteiger partial charge on any atom is 0.304 e. The Morgan fingerprint density at radius 2 is 1.81 bits per heavy atom. The van der Waals surface area contributed by atoms with Crippen LogP contribution < -0.4 is 21.3 Å². The van der Waals surface area contributed by atoms with Crippen LogP contribution in [0.15, 0.2) is 60.7 Å². The number of aliphatic carboxylic acids is 1. The lowest BCUT2D eigenvalue weighted by atomic mass is 9.86. The average Bonchev–Trinajstić information content (AvgIpc) is 3.06. The van der Waals surface area contributed by atoms with Crippen LogP contribution in [0.5, 0.6) is 5.75 Å². The summed E-state index contributed by atoms with van der Waals surface area (Å²) >= 11 is 0. The van der Waals surface area contributed by atoms with E-state index in [0.29, 0.717) is 18.0 Å². The smallest absolute Gasteiger partial charge is 0.304 e. The van der Waals surface area contributed by atoms with Gasteiger partial charge >= 0.3 is 5.97 Å². The monoisotopic (exact) mass is 490 g/mol. The van der Waals surface area contributed by atoms with E-state index in [0.717, 1.165) is 36.5 Å². The van der Waals surface area contributed by atoms with Gasteiger partial charge in [0, 0.05) is 38.2 Å². The number of ether oxygens (including phenoxy) is 1. The van der Waals surface area contributed by atoms with E-state index in [9.17, 15) is 9.90 Å². The minimum absolute atomic E-state index is 0.0231. The van der Waals surface area contributed by atoms with E-state index in [4.69, 9.17) is 16.3 Å². The number of aryl methyl sites for hydroxylation is 1. The van der Waals surface area contributed by atoms with Gasteiger partial charge in [-0.05, 0) is 47.4 Å². The summed E-state index contributed by atoms with van der Waals surface area (Å²) in [6.07, 6.45) is -0.0231. The number of nitrogen functional groups attached to an aromatic ring is 1. The zero-order chi connectivity index (χ0) is 26.2. The van der Waals surface area contributed by atoms with Gasteiger partial charge in [-0.25, -0.2) is 5.84 Å². The predicted molar refractivity (Wildman–Crippen MR) is 146 cm³/mol. The molecule has 0 saturated heterocycles. The van der Waals surface area contributed by atoms with Crippen molar-refractivity contribution in [3.63, 3.8) is 0 Å². The van der Waals surface area contributed by atoms with Crippen molar-refractivity contribution in [2.45, 2.75) is 46.2 Å². The minimum atomic E-state index is -0.855. The number of anilines is 2. The van der Waals surface area contributed by atoms with Gasteiger partial charge in [-0.1, -0.05) is 56.3 Å². The third kappa shape index (κ3) is 6.56. The molecule has 0 radical (unpaired) electrons. The highest BCUT2D eigenvalue weighted by Crippen LogP contribution is 2.34. The second-order valence-electron chi connectivity index (χ2n) is 8.93. The van der Waals surface area contributed by atoms with Gasteiger partial charge in [-0.2, -0.15) is 0 Å². The summed E-state index contributed by atoms with van der Waals surface area (Å²) in [5.74, 6) is 5.62. The molecule has 36 heavy (non-hydrogen) atoms. The Hall–Kier alpha value is -3.55. The van der Waals surface area contributed by atoms with Gasteiger partial charge in [0.25, 0.3) is 0 Å². The van der Waals surface area contributed by atoms with Crippen molar-refractivity contribution in [2.24, 2.45) is 5.84 Å². The zero-order valence-corrected chi connectivity index (χ0v) is 21.7. The molecule has 0 saturated carbocycles. The lowest BCUT2D eigenvalue weighted by Gasteiger charge is -2.23. The van der Waals surface area contributed by atoms with Crippen LogP contribution in [0.2, 0.25) is 0 Å². The summed E-state index contributed by atoms with van der Waals surface area (Å²) in [6, 6.07) is 20.0. The van der Waals surface area contributed by atoms with E-state index >= 15 is 0 Å². The Kier molecular flexibility index (Phi) is 9.33. The number of benzene rings is 3. The minimum Gasteiger partial charge on any atom is -0.492 e. The highest BCUT2D eigenvalue weighted by atomic mass is 16.5. The molecule has 192 valence electrons. The van der Waals surface area contributed by atoms with Gasteiger partial charge in [0.05, 0.1) is 17.8 Å². The summed E-state index contributed by atoms with van der Waals surface area (Å²) in [5, 5.41) is 11.1. The molecule has 1 aliphatic rings. The van der Waals surface area contributed by atoms with Crippen molar-refractivity contribution in [1.82, 2.24) is 4.90 Å². The maximum absolute atomic E-state index is 11.8. The van der Waals surface area contributed by atoms with Gasteiger partial charge in [0.2, 0.25) is 0 Å². The first kappa shape index (κ1) is 27.0. The molecule has 5 N–H and O–H groups in total. The Bertz CT molecular complexity index is 1180. The predicted octanol–water partition coefficient (Wildman–Crippen LogP) is 4.91. The molecule has 1 atom stereocenters. The van der Waals surface area contributed by atoms with Crippen LogP contribution in [0.4, 0.5) is 11.4 Å². The number of hydrogen-bond donors (Lipinski definition) is 3. The van der Waals surface area contributed by atoms with E-state index in [-0.39, 0.29) is 12.3 Å². The fourth-order valence-electron chi connectivity index (χ4n) is 4.55. The first-order valence-corrected chi connectivity index (χ1v) is 12.4. The van der Waals surface area contributed by atoms with Crippen LogP contribution in [0.3, 0.4) is 0 Å². The number of nitrogens with zero attached hydrogens (tertiary/aromatic N) is 2. The van der Waals surface area contributed by atoms with Gasteiger partial charge in [0.1, 0.15) is 12.4 Å². The number of fused-ring (bicyclic) bond motifs is 1. The molecule has 0 bridgehead atoms. The molecular weight excluding hydrogens is 452 g/mol. The molecule has 0 spiro atoms. The average molecular weight is 491 g/mol. The van der Waals surface area contributed by atoms with Crippen LogP contribution in [-0.4, -0.2) is 36.2 Å². The lowest BCUT2D eigenvalue weighted by molar-refractivity contribution is -0.137. The van der Waals surface area contributed by atoms with Crippen LogP contribution in [0.1, 0.15) is 54.0 Å². The Morgan fingerprint density at radius 1 is 1.11 bits per heavy atom. The molecule has 0 aromatic heterocycles. The van der Waals surface area contributed by atoms with Crippen molar-refractivity contribution >= 4 is 17.3 Å². The third-order valence-corrected chi connectivity index (χ3v) is 6.41. The SMILES string of the molecule is CC.Cc1ccc(C(CC(=O)O)c2ccc(N(C)N)c(N)c2)cc1CN1CCOc2ccccc2C1. The first-order valence-electron chi connectivity index (χ1n) is 12.4.